The van der Waals surface area contributed by atoms with Gasteiger partial charge in [0.05, 0.1) is 10.9 Å². The second kappa shape index (κ2) is 3.22. The number of carbonyl (C=O) groups is 1. The summed E-state index contributed by atoms with van der Waals surface area (Å²) in [6, 6.07) is 2.55. The molecule has 0 saturated carbocycles. The van der Waals surface area contributed by atoms with Gasteiger partial charge in [0.15, 0.2) is 0 Å². The van der Waals surface area contributed by atoms with E-state index in [-0.39, 0.29) is 10.9 Å². The number of hydrogen-bond donors (Lipinski definition) is 1. The fourth-order valence-electron chi connectivity index (χ4n) is 1.27. The second-order valence-electron chi connectivity index (χ2n) is 3.05. The van der Waals surface area contributed by atoms with Gasteiger partial charge in [0.1, 0.15) is 5.52 Å². The number of fused-ring (bicyclic) bond motifs is 1. The molecular formula is C9H4F3NO3. The van der Waals surface area contributed by atoms with Crippen LogP contribution in [0.25, 0.3) is 10.9 Å². The zero-order chi connectivity index (χ0) is 11.9. The lowest BCUT2D eigenvalue weighted by molar-refractivity contribution is -0.137. The molecule has 0 saturated heterocycles. The second-order valence-corrected chi connectivity index (χ2v) is 3.05. The number of nitrogens with zero attached hydrogens (tertiary/aromatic N) is 1. The third-order valence-electron chi connectivity index (χ3n) is 2.00. The van der Waals surface area contributed by atoms with Gasteiger partial charge < -0.3 is 9.63 Å². The predicted molar refractivity (Wildman–Crippen MR) is 46.0 cm³/mol. The summed E-state index contributed by atoms with van der Waals surface area (Å²) in [7, 11) is 0. The van der Waals surface area contributed by atoms with Gasteiger partial charge in [-0.3, -0.25) is 0 Å². The molecule has 0 radical (unpaired) electrons. The first-order valence-electron chi connectivity index (χ1n) is 4.09. The number of aromatic nitrogens is 1. The molecular weight excluding hydrogens is 227 g/mol. The summed E-state index contributed by atoms with van der Waals surface area (Å²) in [4.78, 5) is 10.6. The number of carboxylic acid groups (broad SMARTS) is 1. The lowest BCUT2D eigenvalue weighted by Crippen LogP contribution is -2.04. The van der Waals surface area contributed by atoms with Crippen molar-refractivity contribution in [3.8, 4) is 0 Å². The monoisotopic (exact) mass is 231 g/mol. The van der Waals surface area contributed by atoms with Crippen LogP contribution in [0.4, 0.5) is 13.2 Å². The lowest BCUT2D eigenvalue weighted by Gasteiger charge is -2.04. The van der Waals surface area contributed by atoms with Crippen molar-refractivity contribution in [1.29, 1.82) is 0 Å². The van der Waals surface area contributed by atoms with Crippen LogP contribution < -0.4 is 0 Å². The van der Waals surface area contributed by atoms with Crippen LogP contribution in [0.1, 0.15) is 16.1 Å². The fourth-order valence-corrected chi connectivity index (χ4v) is 1.27. The number of hydrogen-bond acceptors (Lipinski definition) is 3. The van der Waals surface area contributed by atoms with E-state index in [2.05, 4.69) is 9.68 Å². The first kappa shape index (κ1) is 10.5. The Morgan fingerprint density at radius 1 is 1.38 bits per heavy atom. The van der Waals surface area contributed by atoms with Crippen molar-refractivity contribution in [1.82, 2.24) is 5.16 Å². The van der Waals surface area contributed by atoms with Crippen LogP contribution in [-0.2, 0) is 6.18 Å². The van der Waals surface area contributed by atoms with Gasteiger partial charge in [-0.05, 0) is 18.2 Å². The Morgan fingerprint density at radius 2 is 2.06 bits per heavy atom. The van der Waals surface area contributed by atoms with E-state index in [9.17, 15) is 18.0 Å². The molecule has 1 aromatic carbocycles. The third-order valence-corrected chi connectivity index (χ3v) is 2.00. The molecule has 1 heterocycles. The van der Waals surface area contributed by atoms with Crippen molar-refractivity contribution in [3.63, 3.8) is 0 Å². The molecule has 16 heavy (non-hydrogen) atoms. The quantitative estimate of drug-likeness (QED) is 0.819. The SMILES string of the molecule is O=C(O)c1onc2cc(C(F)(F)F)ccc12. The first-order valence-corrected chi connectivity index (χ1v) is 4.09. The van der Waals surface area contributed by atoms with Crippen LogP contribution in [0.3, 0.4) is 0 Å². The third kappa shape index (κ3) is 1.60. The maximum atomic E-state index is 12.3. The maximum Gasteiger partial charge on any atom is 0.416 e. The maximum absolute atomic E-state index is 12.3. The smallest absolute Gasteiger partial charge is 0.416 e. The molecule has 0 aliphatic rings. The Hall–Kier alpha value is -2.05. The summed E-state index contributed by atoms with van der Waals surface area (Å²) in [5.41, 5.74) is -1.03. The van der Waals surface area contributed by atoms with Gasteiger partial charge in [0, 0.05) is 0 Å². The highest BCUT2D eigenvalue weighted by Crippen LogP contribution is 2.31. The molecule has 4 nitrogen and oxygen atoms in total. The summed E-state index contributed by atoms with van der Waals surface area (Å²) in [6.45, 7) is 0. The van der Waals surface area contributed by atoms with E-state index >= 15 is 0 Å². The van der Waals surface area contributed by atoms with Crippen molar-refractivity contribution in [2.24, 2.45) is 0 Å². The average molecular weight is 231 g/mol. The van der Waals surface area contributed by atoms with E-state index in [0.717, 1.165) is 18.2 Å². The summed E-state index contributed by atoms with van der Waals surface area (Å²) in [6.07, 6.45) is -4.49. The molecule has 0 atom stereocenters. The normalized spacial score (nSPS) is 11.9. The molecule has 7 heteroatoms. The van der Waals surface area contributed by atoms with Crippen LogP contribution in [0.5, 0.6) is 0 Å². The number of benzene rings is 1. The van der Waals surface area contributed by atoms with Gasteiger partial charge in [-0.2, -0.15) is 13.2 Å². The number of alkyl halides is 3. The Kier molecular flexibility index (Phi) is 2.11. The van der Waals surface area contributed by atoms with Crippen molar-refractivity contribution in [2.75, 3.05) is 0 Å². The molecule has 0 spiro atoms. The lowest BCUT2D eigenvalue weighted by atomic mass is 10.1. The van der Waals surface area contributed by atoms with Crippen molar-refractivity contribution < 1.29 is 27.6 Å². The number of carboxylic acids is 1. The summed E-state index contributed by atoms with van der Waals surface area (Å²) in [5.74, 6) is -1.84. The van der Waals surface area contributed by atoms with Crippen LogP contribution in [0.2, 0.25) is 0 Å². The van der Waals surface area contributed by atoms with Crippen molar-refractivity contribution in [2.45, 2.75) is 6.18 Å². The topological polar surface area (TPSA) is 63.3 Å². The molecule has 0 unspecified atom stereocenters. The van der Waals surface area contributed by atoms with Crippen molar-refractivity contribution >= 4 is 16.9 Å². The van der Waals surface area contributed by atoms with Crippen molar-refractivity contribution in [3.05, 3.63) is 29.5 Å². The minimum Gasteiger partial charge on any atom is -0.475 e. The number of halogens is 3. The molecule has 0 fully saturated rings. The van der Waals surface area contributed by atoms with E-state index in [1.165, 1.54) is 0 Å². The predicted octanol–water partition coefficient (Wildman–Crippen LogP) is 2.54. The Morgan fingerprint density at radius 3 is 2.62 bits per heavy atom. The highest BCUT2D eigenvalue weighted by atomic mass is 19.4. The van der Waals surface area contributed by atoms with Crippen LogP contribution in [0, 0.1) is 0 Å². The zero-order valence-electron chi connectivity index (χ0n) is 7.58. The highest BCUT2D eigenvalue weighted by molar-refractivity contribution is 5.99. The van der Waals surface area contributed by atoms with Gasteiger partial charge in [0.25, 0.3) is 5.76 Å². The fraction of sp³-hybridized carbons (Fsp3) is 0.111. The van der Waals surface area contributed by atoms with Gasteiger partial charge in [-0.1, -0.05) is 5.16 Å². The zero-order valence-corrected chi connectivity index (χ0v) is 7.58. The molecule has 0 aliphatic heterocycles. The molecule has 0 aliphatic carbocycles. The average Bonchev–Trinajstić information content (AvgIpc) is 2.58. The molecule has 0 bridgehead atoms. The molecule has 84 valence electrons. The van der Waals surface area contributed by atoms with Gasteiger partial charge >= 0.3 is 12.1 Å². The Labute approximate surface area is 86.3 Å². The molecule has 1 aromatic heterocycles. The van der Waals surface area contributed by atoms with E-state index in [1.54, 1.807) is 0 Å². The minimum absolute atomic E-state index is 0.0421. The molecule has 2 rings (SSSR count). The molecule has 2 aromatic rings. The standard InChI is InChI=1S/C9H4F3NO3/c10-9(11,12)4-1-2-5-6(3-4)13-16-7(5)8(14)15/h1-3H,(H,14,15). The van der Waals surface area contributed by atoms with E-state index in [1.807, 2.05) is 0 Å². The van der Waals surface area contributed by atoms with Gasteiger partial charge in [0.2, 0.25) is 0 Å². The van der Waals surface area contributed by atoms with E-state index < -0.39 is 23.5 Å². The Balaban J connectivity index is 2.62. The summed E-state index contributed by atoms with van der Waals surface area (Å²) in [5, 5.41) is 11.9. The highest BCUT2D eigenvalue weighted by Gasteiger charge is 2.31. The summed E-state index contributed by atoms with van der Waals surface area (Å²) >= 11 is 0. The molecule has 0 amide bonds. The molecule has 1 N–H and O–H groups in total. The van der Waals surface area contributed by atoms with Crippen LogP contribution in [0.15, 0.2) is 22.7 Å². The van der Waals surface area contributed by atoms with E-state index in [0.29, 0.717) is 0 Å². The largest absolute Gasteiger partial charge is 0.475 e. The minimum atomic E-state index is -4.49. The Bertz CT molecular complexity index is 559. The van der Waals surface area contributed by atoms with E-state index in [4.69, 9.17) is 5.11 Å². The first-order chi connectivity index (χ1) is 7.39. The number of rotatable bonds is 1. The van der Waals surface area contributed by atoms with Crippen LogP contribution >= 0.6 is 0 Å². The van der Waals surface area contributed by atoms with Gasteiger partial charge in [-0.15, -0.1) is 0 Å². The van der Waals surface area contributed by atoms with Gasteiger partial charge in [-0.25, -0.2) is 4.79 Å². The van der Waals surface area contributed by atoms with Crippen LogP contribution in [-0.4, -0.2) is 16.2 Å². The number of aromatic carboxylic acids is 1. The summed E-state index contributed by atoms with van der Waals surface area (Å²) < 4.78 is 41.3.